The van der Waals surface area contributed by atoms with Crippen molar-refractivity contribution in [3.05, 3.63) is 60.2 Å². The molecule has 0 aliphatic heterocycles. The van der Waals surface area contributed by atoms with Crippen molar-refractivity contribution in [2.45, 2.75) is 20.4 Å². The van der Waals surface area contributed by atoms with Crippen LogP contribution >= 0.6 is 24.8 Å². The van der Waals surface area contributed by atoms with E-state index in [2.05, 4.69) is 45.7 Å². The Morgan fingerprint density at radius 2 is 1.76 bits per heavy atom. The van der Waals surface area contributed by atoms with E-state index in [0.29, 0.717) is 11.8 Å². The lowest BCUT2D eigenvalue weighted by Crippen LogP contribution is -2.31. The Kier molecular flexibility index (Phi) is 11.2. The van der Waals surface area contributed by atoms with Gasteiger partial charge in [-0.1, -0.05) is 49.3 Å². The van der Waals surface area contributed by atoms with Crippen LogP contribution < -0.4 is 10.1 Å². The summed E-state index contributed by atoms with van der Waals surface area (Å²) in [5.41, 5.74) is 2.01. The Balaban J connectivity index is 0.00000210. The van der Waals surface area contributed by atoms with Crippen LogP contribution in [-0.2, 0) is 6.54 Å². The van der Waals surface area contributed by atoms with Gasteiger partial charge in [0.2, 0.25) is 0 Å². The molecule has 0 saturated carbocycles. The third kappa shape index (κ3) is 7.29. The van der Waals surface area contributed by atoms with Crippen molar-refractivity contribution in [3.8, 4) is 17.4 Å². The number of ether oxygens (including phenoxy) is 1. The molecule has 1 heterocycles. The number of aromatic nitrogens is 4. The largest absolute Gasteiger partial charge is 0.423 e. The summed E-state index contributed by atoms with van der Waals surface area (Å²) in [7, 11) is 0. The summed E-state index contributed by atoms with van der Waals surface area (Å²) < 4.78 is 7.49. The molecule has 1 N–H and O–H groups in total. The molecule has 0 bridgehead atoms. The van der Waals surface area contributed by atoms with Crippen molar-refractivity contribution in [1.82, 2.24) is 30.4 Å². The molecule has 0 spiro atoms. The lowest BCUT2D eigenvalue weighted by atomic mass is 10.2. The lowest BCUT2D eigenvalue weighted by molar-refractivity contribution is 0.302. The van der Waals surface area contributed by atoms with Gasteiger partial charge < -0.3 is 15.0 Å². The fraction of sp³-hybridized carbons (Fsp3) is 0.350. The maximum absolute atomic E-state index is 5.91. The molecule has 3 rings (SSSR count). The number of hydrogen-bond donors (Lipinski definition) is 1. The molecule has 7 nitrogen and oxygen atoms in total. The summed E-state index contributed by atoms with van der Waals surface area (Å²) in [6.45, 7) is 9.34. The SMILES string of the molecule is CCN(CC)CCNCc1cccc(Oc2nnnn2-c2ccccc2)c1.Cl.Cl. The Morgan fingerprint density at radius 1 is 1.00 bits per heavy atom. The second kappa shape index (κ2) is 13.1. The van der Waals surface area contributed by atoms with Crippen molar-refractivity contribution >= 4 is 24.8 Å². The fourth-order valence-electron chi connectivity index (χ4n) is 2.81. The normalized spacial score (nSPS) is 10.3. The van der Waals surface area contributed by atoms with Crippen LogP contribution in [0.25, 0.3) is 5.69 Å². The first kappa shape index (κ1) is 24.8. The number of para-hydroxylation sites is 1. The minimum Gasteiger partial charge on any atom is -0.423 e. The average molecular weight is 439 g/mol. The van der Waals surface area contributed by atoms with Gasteiger partial charge in [0.05, 0.1) is 5.69 Å². The number of nitrogens with zero attached hydrogens (tertiary/aromatic N) is 5. The zero-order valence-corrected chi connectivity index (χ0v) is 18.3. The number of benzene rings is 2. The predicted octanol–water partition coefficient (Wildman–Crippen LogP) is 3.73. The van der Waals surface area contributed by atoms with Crippen LogP contribution in [0.1, 0.15) is 19.4 Å². The Morgan fingerprint density at radius 3 is 2.48 bits per heavy atom. The molecular formula is C20H28Cl2N6O. The van der Waals surface area contributed by atoms with E-state index < -0.39 is 0 Å². The van der Waals surface area contributed by atoms with Gasteiger partial charge in [0.15, 0.2) is 0 Å². The third-order valence-electron chi connectivity index (χ3n) is 4.38. The minimum atomic E-state index is 0. The highest BCUT2D eigenvalue weighted by Crippen LogP contribution is 2.22. The maximum Gasteiger partial charge on any atom is 0.345 e. The number of halogens is 2. The second-order valence-corrected chi connectivity index (χ2v) is 6.16. The van der Waals surface area contributed by atoms with Crippen LogP contribution in [0, 0.1) is 0 Å². The molecule has 158 valence electrons. The van der Waals surface area contributed by atoms with Gasteiger partial charge in [-0.3, -0.25) is 0 Å². The van der Waals surface area contributed by atoms with E-state index >= 15 is 0 Å². The van der Waals surface area contributed by atoms with Crippen LogP contribution in [0.3, 0.4) is 0 Å². The summed E-state index contributed by atoms with van der Waals surface area (Å²) >= 11 is 0. The Bertz CT molecular complexity index is 827. The Hall–Kier alpha value is -2.19. The number of tetrazole rings is 1. The highest BCUT2D eigenvalue weighted by Gasteiger charge is 2.10. The number of nitrogens with one attached hydrogen (secondary N) is 1. The number of likely N-dealkylation sites (N-methyl/N-ethyl adjacent to an activating group) is 1. The molecule has 29 heavy (non-hydrogen) atoms. The van der Waals surface area contributed by atoms with Crippen molar-refractivity contribution in [2.24, 2.45) is 0 Å². The molecule has 0 aliphatic carbocycles. The van der Waals surface area contributed by atoms with Gasteiger partial charge >= 0.3 is 6.01 Å². The molecule has 3 aromatic rings. The molecule has 2 aromatic carbocycles. The van der Waals surface area contributed by atoms with E-state index in [1.54, 1.807) is 4.68 Å². The molecule has 9 heteroatoms. The van der Waals surface area contributed by atoms with Crippen LogP contribution in [0.4, 0.5) is 0 Å². The van der Waals surface area contributed by atoms with Crippen LogP contribution in [0.5, 0.6) is 11.8 Å². The molecule has 1 aromatic heterocycles. The van der Waals surface area contributed by atoms with E-state index in [-0.39, 0.29) is 24.8 Å². The fourth-order valence-corrected chi connectivity index (χ4v) is 2.81. The van der Waals surface area contributed by atoms with Gasteiger partial charge in [-0.25, -0.2) is 0 Å². The van der Waals surface area contributed by atoms with Crippen molar-refractivity contribution in [3.63, 3.8) is 0 Å². The first-order chi connectivity index (χ1) is 13.3. The topological polar surface area (TPSA) is 68.1 Å². The zero-order valence-electron chi connectivity index (χ0n) is 16.7. The van der Waals surface area contributed by atoms with Crippen LogP contribution in [0.2, 0.25) is 0 Å². The van der Waals surface area contributed by atoms with Crippen LogP contribution in [0.15, 0.2) is 54.6 Å². The van der Waals surface area contributed by atoms with E-state index in [1.165, 1.54) is 0 Å². The maximum atomic E-state index is 5.91. The van der Waals surface area contributed by atoms with E-state index in [1.807, 2.05) is 48.5 Å². The summed E-state index contributed by atoms with van der Waals surface area (Å²) in [6.07, 6.45) is 0. The molecule has 0 saturated heterocycles. The van der Waals surface area contributed by atoms with Gasteiger partial charge in [0, 0.05) is 19.6 Å². The van der Waals surface area contributed by atoms with Gasteiger partial charge in [-0.15, -0.1) is 24.8 Å². The lowest BCUT2D eigenvalue weighted by Gasteiger charge is -2.18. The van der Waals surface area contributed by atoms with E-state index in [0.717, 1.165) is 44.0 Å². The van der Waals surface area contributed by atoms with Crippen molar-refractivity contribution < 1.29 is 4.74 Å². The predicted molar refractivity (Wildman–Crippen MR) is 120 cm³/mol. The number of hydrogen-bond acceptors (Lipinski definition) is 6. The molecule has 0 unspecified atom stereocenters. The average Bonchev–Trinajstić information content (AvgIpc) is 3.17. The summed E-state index contributed by atoms with van der Waals surface area (Å²) in [6, 6.07) is 18.0. The third-order valence-corrected chi connectivity index (χ3v) is 4.38. The van der Waals surface area contributed by atoms with Gasteiger partial charge in [-0.05, 0) is 53.3 Å². The van der Waals surface area contributed by atoms with Gasteiger partial charge in [-0.2, -0.15) is 4.68 Å². The smallest absolute Gasteiger partial charge is 0.345 e. The highest BCUT2D eigenvalue weighted by atomic mass is 35.5. The number of rotatable bonds is 10. The minimum absolute atomic E-state index is 0. The molecule has 0 amide bonds. The van der Waals surface area contributed by atoms with Crippen molar-refractivity contribution in [2.75, 3.05) is 26.2 Å². The quantitative estimate of drug-likeness (QED) is 0.486. The van der Waals surface area contributed by atoms with E-state index in [9.17, 15) is 0 Å². The van der Waals surface area contributed by atoms with Gasteiger partial charge in [0.1, 0.15) is 5.75 Å². The van der Waals surface area contributed by atoms with Crippen molar-refractivity contribution in [1.29, 1.82) is 0 Å². The first-order valence-electron chi connectivity index (χ1n) is 9.33. The zero-order chi connectivity index (χ0) is 18.9. The van der Waals surface area contributed by atoms with E-state index in [4.69, 9.17) is 4.74 Å². The molecule has 0 atom stereocenters. The molecule has 0 fully saturated rings. The van der Waals surface area contributed by atoms with Gasteiger partial charge in [0.25, 0.3) is 0 Å². The standard InChI is InChI=1S/C20H26N6O.2ClH/c1-3-25(4-2)14-13-21-16-17-9-8-12-19(15-17)27-20-22-23-24-26(20)18-10-6-5-7-11-18;;/h5-12,15,21H,3-4,13-14,16H2,1-2H3;2*1H. The molecular weight excluding hydrogens is 411 g/mol. The molecule has 0 aliphatic rings. The summed E-state index contributed by atoms with van der Waals surface area (Å²) in [5, 5.41) is 15.2. The Labute approximate surface area is 184 Å². The highest BCUT2D eigenvalue weighted by molar-refractivity contribution is 5.85. The second-order valence-electron chi connectivity index (χ2n) is 6.16. The summed E-state index contributed by atoms with van der Waals surface area (Å²) in [5.74, 6) is 0.713. The first-order valence-corrected chi connectivity index (χ1v) is 9.33. The summed E-state index contributed by atoms with van der Waals surface area (Å²) in [4.78, 5) is 2.40. The van der Waals surface area contributed by atoms with Crippen LogP contribution in [-0.4, -0.2) is 51.3 Å². The molecule has 0 radical (unpaired) electrons. The monoisotopic (exact) mass is 438 g/mol.